The van der Waals surface area contributed by atoms with Gasteiger partial charge in [-0.05, 0) is 43.4 Å². The van der Waals surface area contributed by atoms with Crippen molar-refractivity contribution in [2.24, 2.45) is 11.3 Å². The summed E-state index contributed by atoms with van der Waals surface area (Å²) >= 11 is 0. The molecule has 0 radical (unpaired) electrons. The van der Waals surface area contributed by atoms with Gasteiger partial charge in [0.2, 0.25) is 5.91 Å². The summed E-state index contributed by atoms with van der Waals surface area (Å²) < 4.78 is 0. The van der Waals surface area contributed by atoms with E-state index < -0.39 is 0 Å². The van der Waals surface area contributed by atoms with E-state index >= 15 is 0 Å². The van der Waals surface area contributed by atoms with E-state index in [4.69, 9.17) is 0 Å². The van der Waals surface area contributed by atoms with E-state index in [1.54, 1.807) is 0 Å². The van der Waals surface area contributed by atoms with Crippen molar-refractivity contribution in [1.82, 2.24) is 10.2 Å². The fraction of sp³-hybridized carbons (Fsp3) is 0.941. The Hall–Kier alpha value is -0.570. The normalized spacial score (nSPS) is 29.6. The highest BCUT2D eigenvalue weighted by Crippen LogP contribution is 2.44. The average molecular weight is 280 g/mol. The highest BCUT2D eigenvalue weighted by atomic mass is 16.2. The van der Waals surface area contributed by atoms with Crippen LogP contribution in [0, 0.1) is 11.3 Å². The monoisotopic (exact) mass is 280 g/mol. The van der Waals surface area contributed by atoms with Crippen LogP contribution in [0.15, 0.2) is 0 Å². The van der Waals surface area contributed by atoms with E-state index in [2.05, 4.69) is 37.9 Å². The summed E-state index contributed by atoms with van der Waals surface area (Å²) in [5.41, 5.74) is 0.390. The molecule has 0 bridgehead atoms. The van der Waals surface area contributed by atoms with E-state index in [1.165, 1.54) is 32.1 Å². The molecule has 2 rings (SSSR count). The third kappa shape index (κ3) is 3.19. The molecule has 1 aliphatic carbocycles. The first-order chi connectivity index (χ1) is 9.51. The molecule has 0 spiro atoms. The number of rotatable bonds is 6. The molecule has 3 heteroatoms. The highest BCUT2D eigenvalue weighted by Gasteiger charge is 2.43. The number of hydrogen-bond donors (Lipinski definition) is 1. The molecule has 1 saturated heterocycles. The molecule has 0 aromatic carbocycles. The summed E-state index contributed by atoms with van der Waals surface area (Å²) in [4.78, 5) is 14.8. The third-order valence-electron chi connectivity index (χ3n) is 5.16. The maximum Gasteiger partial charge on any atom is 0.241 e. The molecule has 2 unspecified atom stereocenters. The van der Waals surface area contributed by atoms with Crippen molar-refractivity contribution in [2.75, 3.05) is 6.54 Å². The van der Waals surface area contributed by atoms with Gasteiger partial charge in [-0.3, -0.25) is 10.1 Å². The quantitative estimate of drug-likeness (QED) is 0.807. The van der Waals surface area contributed by atoms with Crippen LogP contribution in [0.4, 0.5) is 0 Å². The van der Waals surface area contributed by atoms with Gasteiger partial charge in [-0.2, -0.15) is 0 Å². The van der Waals surface area contributed by atoms with Crippen LogP contribution in [0.2, 0.25) is 0 Å². The first-order valence-corrected chi connectivity index (χ1v) is 8.58. The van der Waals surface area contributed by atoms with Crippen molar-refractivity contribution in [2.45, 2.75) is 84.8 Å². The van der Waals surface area contributed by atoms with Crippen molar-refractivity contribution in [3.8, 4) is 0 Å². The molecule has 0 aromatic heterocycles. The Bertz CT molecular complexity index is 334. The largest absolute Gasteiger partial charge is 0.325 e. The minimum Gasteiger partial charge on any atom is -0.325 e. The number of carbonyl (C=O) groups excluding carboxylic acids is 1. The third-order valence-corrected chi connectivity index (χ3v) is 5.16. The van der Waals surface area contributed by atoms with Gasteiger partial charge >= 0.3 is 0 Å². The molecule has 2 aliphatic rings. The van der Waals surface area contributed by atoms with Crippen LogP contribution in [0.5, 0.6) is 0 Å². The van der Waals surface area contributed by atoms with Crippen molar-refractivity contribution in [1.29, 1.82) is 0 Å². The Kier molecular flexibility index (Phi) is 5.11. The first-order valence-electron chi connectivity index (χ1n) is 8.58. The molecule has 1 saturated carbocycles. The predicted molar refractivity (Wildman–Crippen MR) is 83.4 cm³/mol. The van der Waals surface area contributed by atoms with Crippen LogP contribution < -0.4 is 5.32 Å². The van der Waals surface area contributed by atoms with Crippen molar-refractivity contribution < 1.29 is 4.79 Å². The minimum atomic E-state index is 0.0532. The maximum absolute atomic E-state index is 12.6. The Labute approximate surface area is 124 Å². The van der Waals surface area contributed by atoms with Crippen LogP contribution >= 0.6 is 0 Å². The minimum absolute atomic E-state index is 0.0532. The molecule has 20 heavy (non-hydrogen) atoms. The molecule has 116 valence electrons. The van der Waals surface area contributed by atoms with E-state index in [0.29, 0.717) is 11.3 Å². The molecule has 3 nitrogen and oxygen atoms in total. The topological polar surface area (TPSA) is 32.3 Å². The fourth-order valence-corrected chi connectivity index (χ4v) is 4.35. The molecular formula is C17H32N2O. The van der Waals surface area contributed by atoms with Gasteiger partial charge in [-0.1, -0.05) is 40.5 Å². The summed E-state index contributed by atoms with van der Waals surface area (Å²) in [5.74, 6) is 1.06. The molecule has 0 aromatic rings. The second-order valence-corrected chi connectivity index (χ2v) is 7.32. The van der Waals surface area contributed by atoms with Crippen LogP contribution in [0.1, 0.15) is 72.6 Å². The van der Waals surface area contributed by atoms with Crippen LogP contribution in [0.25, 0.3) is 0 Å². The van der Waals surface area contributed by atoms with Gasteiger partial charge in [0.1, 0.15) is 0 Å². The zero-order valence-electron chi connectivity index (χ0n) is 13.7. The lowest BCUT2D eigenvalue weighted by atomic mass is 9.78. The van der Waals surface area contributed by atoms with Crippen molar-refractivity contribution >= 4 is 5.91 Å². The Morgan fingerprint density at radius 1 is 1.25 bits per heavy atom. The summed E-state index contributed by atoms with van der Waals surface area (Å²) in [7, 11) is 0. The fourth-order valence-electron chi connectivity index (χ4n) is 4.35. The molecule has 1 heterocycles. The number of nitrogens with zero attached hydrogens (tertiary/aromatic N) is 1. The van der Waals surface area contributed by atoms with E-state index in [1.807, 2.05) is 0 Å². The van der Waals surface area contributed by atoms with Crippen molar-refractivity contribution in [3.63, 3.8) is 0 Å². The molecule has 2 atom stereocenters. The summed E-state index contributed by atoms with van der Waals surface area (Å²) in [6, 6.07) is 0.0532. The summed E-state index contributed by atoms with van der Waals surface area (Å²) in [6.45, 7) is 9.89. The second kappa shape index (κ2) is 6.46. The number of hydrogen-bond acceptors (Lipinski definition) is 2. The van der Waals surface area contributed by atoms with E-state index in [9.17, 15) is 4.79 Å². The van der Waals surface area contributed by atoms with Gasteiger partial charge in [0.15, 0.2) is 0 Å². The summed E-state index contributed by atoms with van der Waals surface area (Å²) in [6.07, 6.45) is 8.75. The molecule has 1 amide bonds. The lowest BCUT2D eigenvalue weighted by Gasteiger charge is -2.37. The highest BCUT2D eigenvalue weighted by molar-refractivity contribution is 5.84. The lowest BCUT2D eigenvalue weighted by molar-refractivity contribution is -0.131. The lowest BCUT2D eigenvalue weighted by Crippen LogP contribution is -2.44. The number of amides is 1. The Morgan fingerprint density at radius 2 is 1.90 bits per heavy atom. The van der Waals surface area contributed by atoms with Gasteiger partial charge in [0, 0.05) is 6.54 Å². The number of nitrogens with one attached hydrogen (secondary N) is 1. The van der Waals surface area contributed by atoms with Gasteiger partial charge in [-0.15, -0.1) is 0 Å². The standard InChI is InChI=1S/C17H32N2O/c1-5-14-16(20)19(15(6-2)18-14)12-17(11-13(3)4)9-7-8-10-17/h13-15,18H,5-12H2,1-4H3. The van der Waals surface area contributed by atoms with Crippen LogP contribution in [-0.2, 0) is 4.79 Å². The zero-order chi connectivity index (χ0) is 14.8. The first kappa shape index (κ1) is 15.8. The Balaban J connectivity index is 2.10. The second-order valence-electron chi connectivity index (χ2n) is 7.32. The van der Waals surface area contributed by atoms with E-state index in [0.717, 1.165) is 25.3 Å². The molecule has 2 fully saturated rings. The molecular weight excluding hydrogens is 248 g/mol. The number of carbonyl (C=O) groups is 1. The van der Waals surface area contributed by atoms with Crippen LogP contribution in [0.3, 0.4) is 0 Å². The van der Waals surface area contributed by atoms with Crippen molar-refractivity contribution in [3.05, 3.63) is 0 Å². The smallest absolute Gasteiger partial charge is 0.241 e. The maximum atomic E-state index is 12.6. The summed E-state index contributed by atoms with van der Waals surface area (Å²) in [5, 5.41) is 3.51. The Morgan fingerprint density at radius 3 is 2.40 bits per heavy atom. The SMILES string of the molecule is CCC1NC(CC)N(CC2(CC(C)C)CCCC2)C1=O. The van der Waals surface area contributed by atoms with Gasteiger partial charge < -0.3 is 4.90 Å². The van der Waals surface area contributed by atoms with Crippen LogP contribution in [-0.4, -0.2) is 29.6 Å². The van der Waals surface area contributed by atoms with Gasteiger partial charge in [0.05, 0.1) is 12.2 Å². The predicted octanol–water partition coefficient (Wildman–Crippen LogP) is 3.54. The zero-order valence-corrected chi connectivity index (χ0v) is 13.7. The molecule has 1 aliphatic heterocycles. The van der Waals surface area contributed by atoms with Gasteiger partial charge in [-0.25, -0.2) is 0 Å². The van der Waals surface area contributed by atoms with Gasteiger partial charge in [0.25, 0.3) is 0 Å². The average Bonchev–Trinajstić information content (AvgIpc) is 2.96. The molecule has 1 N–H and O–H groups in total. The van der Waals surface area contributed by atoms with E-state index in [-0.39, 0.29) is 12.2 Å².